The fourth-order valence-corrected chi connectivity index (χ4v) is 13.5. The molecule has 3 amide bonds. The predicted molar refractivity (Wildman–Crippen MR) is 203 cm³/mol. The van der Waals surface area contributed by atoms with E-state index in [1.54, 1.807) is 19.1 Å². The molecule has 4 aliphatic heterocycles. The number of hydrogen-bond acceptors (Lipinski definition) is 7. The highest BCUT2D eigenvalue weighted by Crippen LogP contribution is 2.60. The Balaban J connectivity index is 1.27. The number of anilines is 2. The van der Waals surface area contributed by atoms with Crippen LogP contribution in [-0.4, -0.2) is 81.9 Å². The zero-order chi connectivity index (χ0) is 36.8. The molecule has 0 saturated carbocycles. The maximum Gasteiger partial charge on any atom is 0.264 e. The summed E-state index contributed by atoms with van der Waals surface area (Å²) in [6, 6.07) is 21.7. The number of rotatable bonds is 10. The molecule has 4 heterocycles. The highest BCUT2D eigenvalue weighted by Gasteiger charge is 2.66. The van der Waals surface area contributed by atoms with Crippen molar-refractivity contribution in [2.24, 2.45) is 5.92 Å². The zero-order valence-corrected chi connectivity index (χ0v) is 32.0. The SMILES string of the molecule is COc1ccc([Si](C)(C)[C@H]2[C@H](CC(=O)N3CCC[C@H]3CO)O[C@@]3(C(=O)N(Cc4ccc(N5CCCCC5=O)cc4)c4ccc(OC)cc43)[C@@H]2C)cc1. The highest BCUT2D eigenvalue weighted by molar-refractivity contribution is 6.91. The van der Waals surface area contributed by atoms with Crippen molar-refractivity contribution >= 4 is 42.4 Å². The van der Waals surface area contributed by atoms with Crippen molar-refractivity contribution in [1.29, 1.82) is 0 Å². The van der Waals surface area contributed by atoms with Gasteiger partial charge in [0.05, 0.1) is 59.7 Å². The Labute approximate surface area is 307 Å². The normalized spacial score (nSPS) is 26.0. The minimum absolute atomic E-state index is 0.0456. The van der Waals surface area contributed by atoms with E-state index in [9.17, 15) is 14.7 Å². The molecule has 0 bridgehead atoms. The molecule has 3 aromatic carbocycles. The van der Waals surface area contributed by atoms with Gasteiger partial charge in [-0.05, 0) is 79.3 Å². The summed E-state index contributed by atoms with van der Waals surface area (Å²) in [5, 5.41) is 11.2. The molecule has 3 fully saturated rings. The molecule has 3 saturated heterocycles. The average molecular weight is 726 g/mol. The van der Waals surface area contributed by atoms with E-state index in [2.05, 4.69) is 32.2 Å². The number of amides is 3. The molecule has 7 rings (SSSR count). The number of ether oxygens (including phenoxy) is 3. The van der Waals surface area contributed by atoms with Crippen LogP contribution in [0.1, 0.15) is 56.6 Å². The van der Waals surface area contributed by atoms with Crippen LogP contribution >= 0.6 is 0 Å². The van der Waals surface area contributed by atoms with E-state index in [-0.39, 0.29) is 48.3 Å². The summed E-state index contributed by atoms with van der Waals surface area (Å²) in [5.41, 5.74) is 1.89. The standard InChI is InChI=1S/C41H51N3O7Si/c1-27-39(52(4,5)33-18-15-31(49-2)16-19-33)36(24-38(47)43-22-8-9-30(43)26-45)51-41(27)34-23-32(50-3)17-20-35(34)44(40(41)48)25-28-11-13-29(14-12-28)42-21-7-6-10-37(42)46/h11-20,23,27,30,36,39,45H,6-10,21-22,24-26H2,1-5H3/t27-,30+,36+,39-,41+/m1/s1. The van der Waals surface area contributed by atoms with Gasteiger partial charge in [0.2, 0.25) is 11.8 Å². The van der Waals surface area contributed by atoms with E-state index < -0.39 is 19.8 Å². The first-order valence-corrected chi connectivity index (χ1v) is 21.7. The minimum atomic E-state index is -2.47. The lowest BCUT2D eigenvalue weighted by atomic mass is 9.82. The first kappa shape index (κ1) is 36.2. The Hall–Kier alpha value is -4.19. The Morgan fingerprint density at radius 3 is 2.33 bits per heavy atom. The van der Waals surface area contributed by atoms with Crippen LogP contribution in [0, 0.1) is 5.92 Å². The average Bonchev–Trinajstić information content (AvgIpc) is 3.82. The molecule has 5 atom stereocenters. The summed E-state index contributed by atoms with van der Waals surface area (Å²) < 4.78 is 18.4. The minimum Gasteiger partial charge on any atom is -0.497 e. The first-order chi connectivity index (χ1) is 25.0. The Morgan fingerprint density at radius 2 is 1.65 bits per heavy atom. The maximum atomic E-state index is 15.2. The van der Waals surface area contributed by atoms with Crippen molar-refractivity contribution < 1.29 is 33.7 Å². The van der Waals surface area contributed by atoms with Gasteiger partial charge in [0.15, 0.2) is 5.60 Å². The largest absolute Gasteiger partial charge is 0.497 e. The lowest BCUT2D eigenvalue weighted by Gasteiger charge is -2.37. The summed E-state index contributed by atoms with van der Waals surface area (Å²) >= 11 is 0. The molecule has 3 aromatic rings. The molecule has 0 aromatic heterocycles. The molecule has 276 valence electrons. The molecule has 0 aliphatic carbocycles. The number of hydrogen-bond donors (Lipinski definition) is 1. The predicted octanol–water partition coefficient (Wildman–Crippen LogP) is 5.36. The van der Waals surface area contributed by atoms with Crippen LogP contribution in [0.25, 0.3) is 0 Å². The maximum absolute atomic E-state index is 15.2. The van der Waals surface area contributed by atoms with Gasteiger partial charge >= 0.3 is 0 Å². The van der Waals surface area contributed by atoms with Crippen molar-refractivity contribution in [2.45, 2.75) is 88.4 Å². The molecule has 11 heteroatoms. The number of fused-ring (bicyclic) bond motifs is 2. The zero-order valence-electron chi connectivity index (χ0n) is 31.0. The topological polar surface area (TPSA) is 109 Å². The molecule has 10 nitrogen and oxygen atoms in total. The second-order valence-corrected chi connectivity index (χ2v) is 20.1. The summed E-state index contributed by atoms with van der Waals surface area (Å²) in [5.74, 6) is 1.08. The lowest BCUT2D eigenvalue weighted by Crippen LogP contribution is -2.52. The molecular formula is C41H51N3O7Si. The third-order valence-electron chi connectivity index (χ3n) is 12.2. The first-order valence-electron chi connectivity index (χ1n) is 18.7. The number of carbonyl (C=O) groups is 3. The third kappa shape index (κ3) is 6.10. The van der Waals surface area contributed by atoms with Crippen LogP contribution in [0.3, 0.4) is 0 Å². The lowest BCUT2D eigenvalue weighted by molar-refractivity contribution is -0.150. The summed E-state index contributed by atoms with van der Waals surface area (Å²) in [6.45, 7) is 8.32. The third-order valence-corrected chi connectivity index (χ3v) is 16.6. The van der Waals surface area contributed by atoms with Gasteiger partial charge in [-0.1, -0.05) is 49.5 Å². The number of benzene rings is 3. The molecule has 52 heavy (non-hydrogen) atoms. The van der Waals surface area contributed by atoms with E-state index in [0.29, 0.717) is 25.3 Å². The molecular weight excluding hydrogens is 675 g/mol. The van der Waals surface area contributed by atoms with Crippen LogP contribution in [0.15, 0.2) is 66.7 Å². The number of carbonyl (C=O) groups excluding carboxylic acids is 3. The second kappa shape index (κ2) is 14.3. The van der Waals surface area contributed by atoms with Crippen LogP contribution < -0.4 is 24.5 Å². The molecule has 0 radical (unpaired) electrons. The van der Waals surface area contributed by atoms with Crippen molar-refractivity contribution in [3.05, 3.63) is 77.9 Å². The number of nitrogens with zero attached hydrogens (tertiary/aromatic N) is 3. The van der Waals surface area contributed by atoms with Gasteiger partial charge in [-0.15, -0.1) is 0 Å². The van der Waals surface area contributed by atoms with Crippen LogP contribution in [0.5, 0.6) is 11.5 Å². The van der Waals surface area contributed by atoms with Gasteiger partial charge < -0.3 is 34.0 Å². The van der Waals surface area contributed by atoms with E-state index >= 15 is 4.79 Å². The highest BCUT2D eigenvalue weighted by atomic mass is 28.3. The quantitative estimate of drug-likeness (QED) is 0.281. The second-order valence-electron chi connectivity index (χ2n) is 15.4. The molecule has 1 spiro atoms. The van der Waals surface area contributed by atoms with E-state index in [1.807, 2.05) is 64.4 Å². The number of likely N-dealkylation sites (tertiary alicyclic amines) is 1. The summed E-state index contributed by atoms with van der Waals surface area (Å²) in [7, 11) is 0.807. The number of aliphatic hydroxyl groups is 1. The summed E-state index contributed by atoms with van der Waals surface area (Å²) in [4.78, 5) is 47.3. The Bertz CT molecular complexity index is 1820. The summed E-state index contributed by atoms with van der Waals surface area (Å²) in [6.07, 6.45) is 3.71. The van der Waals surface area contributed by atoms with Gasteiger partial charge in [-0.25, -0.2) is 0 Å². The van der Waals surface area contributed by atoms with Gasteiger partial charge in [0, 0.05) is 36.7 Å². The van der Waals surface area contributed by atoms with Gasteiger partial charge in [-0.3, -0.25) is 14.4 Å². The smallest absolute Gasteiger partial charge is 0.264 e. The van der Waals surface area contributed by atoms with E-state index in [4.69, 9.17) is 14.2 Å². The van der Waals surface area contributed by atoms with Gasteiger partial charge in [0.1, 0.15) is 11.5 Å². The van der Waals surface area contributed by atoms with Crippen molar-refractivity contribution in [2.75, 3.05) is 43.7 Å². The number of methoxy groups -OCH3 is 2. The molecule has 0 unspecified atom stereocenters. The fraction of sp³-hybridized carbons (Fsp3) is 0.488. The number of piperidine rings is 1. The molecule has 4 aliphatic rings. The van der Waals surface area contributed by atoms with Crippen LogP contribution in [0.2, 0.25) is 18.6 Å². The van der Waals surface area contributed by atoms with Crippen molar-refractivity contribution in [1.82, 2.24) is 4.90 Å². The van der Waals surface area contributed by atoms with Crippen molar-refractivity contribution in [3.63, 3.8) is 0 Å². The monoisotopic (exact) mass is 725 g/mol. The van der Waals surface area contributed by atoms with E-state index in [0.717, 1.165) is 60.5 Å². The Morgan fingerprint density at radius 1 is 0.942 bits per heavy atom. The Kier molecular flexibility index (Phi) is 9.96. The molecule has 1 N–H and O–H groups in total. The van der Waals surface area contributed by atoms with Crippen LogP contribution in [0.4, 0.5) is 11.4 Å². The van der Waals surface area contributed by atoms with Gasteiger partial charge in [0.25, 0.3) is 5.91 Å². The van der Waals surface area contributed by atoms with E-state index in [1.165, 1.54) is 5.19 Å². The van der Waals surface area contributed by atoms with Gasteiger partial charge in [-0.2, -0.15) is 0 Å². The van der Waals surface area contributed by atoms with Crippen LogP contribution in [-0.2, 0) is 31.3 Å². The van der Waals surface area contributed by atoms with Crippen molar-refractivity contribution in [3.8, 4) is 11.5 Å². The fourth-order valence-electron chi connectivity index (χ4n) is 9.46. The number of aliphatic hydroxyl groups excluding tert-OH is 1.